The van der Waals surface area contributed by atoms with E-state index in [0.29, 0.717) is 37.5 Å². The number of nitrogens with one attached hydrogen (secondary N) is 1. The van der Waals surface area contributed by atoms with Crippen molar-refractivity contribution >= 4 is 23.4 Å². The number of amides is 2. The molecule has 1 N–H and O–H groups in total. The molecule has 144 valence electrons. The normalized spacial score (nSPS) is 10.3. The largest absolute Gasteiger partial charge is 0.496 e. The van der Waals surface area contributed by atoms with Crippen LogP contribution in [0.2, 0.25) is 5.02 Å². The molecule has 2 aromatic carbocycles. The van der Waals surface area contributed by atoms with Crippen molar-refractivity contribution in [3.05, 3.63) is 64.7 Å². The summed E-state index contributed by atoms with van der Waals surface area (Å²) >= 11 is 5.84. The Morgan fingerprint density at radius 1 is 1.07 bits per heavy atom. The Kier molecular flexibility index (Phi) is 8.14. The number of ether oxygens (including phenoxy) is 1. The van der Waals surface area contributed by atoms with Crippen molar-refractivity contribution in [3.8, 4) is 5.75 Å². The van der Waals surface area contributed by atoms with E-state index >= 15 is 0 Å². The molecule has 0 unspecified atom stereocenters. The number of benzene rings is 2. The number of methoxy groups -OCH3 is 1. The van der Waals surface area contributed by atoms with Crippen molar-refractivity contribution in [1.82, 2.24) is 10.2 Å². The molecule has 0 heterocycles. The van der Waals surface area contributed by atoms with Gasteiger partial charge in [0.25, 0.3) is 0 Å². The van der Waals surface area contributed by atoms with Gasteiger partial charge in [-0.2, -0.15) is 0 Å². The summed E-state index contributed by atoms with van der Waals surface area (Å²) in [5.74, 6) is 0.722. The highest BCUT2D eigenvalue weighted by Gasteiger charge is 2.11. The summed E-state index contributed by atoms with van der Waals surface area (Å²) in [6.07, 6.45) is 0.987. The summed E-state index contributed by atoms with van der Waals surface area (Å²) < 4.78 is 5.35. The van der Waals surface area contributed by atoms with Crippen LogP contribution in [0.5, 0.6) is 5.75 Å². The molecule has 0 aliphatic carbocycles. The van der Waals surface area contributed by atoms with Crippen LogP contribution < -0.4 is 10.1 Å². The van der Waals surface area contributed by atoms with Crippen LogP contribution in [-0.4, -0.2) is 43.5 Å². The number of para-hydroxylation sites is 1. The highest BCUT2D eigenvalue weighted by Crippen LogP contribution is 2.18. The summed E-state index contributed by atoms with van der Waals surface area (Å²) in [5, 5.41) is 3.51. The fourth-order valence-corrected chi connectivity index (χ4v) is 2.90. The molecule has 0 aliphatic rings. The second-order valence-electron chi connectivity index (χ2n) is 6.22. The van der Waals surface area contributed by atoms with Gasteiger partial charge in [-0.3, -0.25) is 9.59 Å². The van der Waals surface area contributed by atoms with Gasteiger partial charge < -0.3 is 15.0 Å². The molecule has 2 amide bonds. The molecule has 0 fully saturated rings. The van der Waals surface area contributed by atoms with Crippen LogP contribution in [0.25, 0.3) is 0 Å². The Bertz CT molecular complexity index is 762. The minimum absolute atomic E-state index is 0.0168. The minimum Gasteiger partial charge on any atom is -0.496 e. The maximum Gasteiger partial charge on any atom is 0.224 e. The highest BCUT2D eigenvalue weighted by atomic mass is 35.5. The molecular formula is C21H25ClN2O3. The number of hydrogen-bond acceptors (Lipinski definition) is 3. The van der Waals surface area contributed by atoms with Crippen LogP contribution >= 0.6 is 11.6 Å². The molecule has 0 aromatic heterocycles. The average molecular weight is 389 g/mol. The van der Waals surface area contributed by atoms with Crippen molar-refractivity contribution in [1.29, 1.82) is 0 Å². The highest BCUT2D eigenvalue weighted by molar-refractivity contribution is 6.30. The second kappa shape index (κ2) is 10.6. The van der Waals surface area contributed by atoms with Gasteiger partial charge in [-0.25, -0.2) is 0 Å². The molecule has 0 saturated heterocycles. The first-order valence-corrected chi connectivity index (χ1v) is 9.26. The summed E-state index contributed by atoms with van der Waals surface area (Å²) in [7, 11) is 1.64. The average Bonchev–Trinajstić information content (AvgIpc) is 2.66. The second-order valence-corrected chi connectivity index (χ2v) is 6.66. The molecule has 5 nitrogen and oxygen atoms in total. The van der Waals surface area contributed by atoms with Gasteiger partial charge in [0.15, 0.2) is 0 Å². The molecule has 27 heavy (non-hydrogen) atoms. The molecule has 6 heteroatoms. The first-order valence-electron chi connectivity index (χ1n) is 8.88. The third-order valence-corrected chi connectivity index (χ3v) is 4.52. The van der Waals surface area contributed by atoms with E-state index in [4.69, 9.17) is 16.3 Å². The number of nitrogens with zero attached hydrogens (tertiary/aromatic N) is 1. The van der Waals surface area contributed by atoms with Gasteiger partial charge in [0.05, 0.1) is 13.5 Å². The predicted molar refractivity (Wildman–Crippen MR) is 107 cm³/mol. The van der Waals surface area contributed by atoms with Crippen LogP contribution in [0, 0.1) is 0 Å². The molecular weight excluding hydrogens is 364 g/mol. The number of carbonyl (C=O) groups excluding carboxylic acids is 2. The first kappa shape index (κ1) is 20.8. The Balaban J connectivity index is 1.79. The van der Waals surface area contributed by atoms with Gasteiger partial charge in [-0.15, -0.1) is 0 Å². The van der Waals surface area contributed by atoms with Gasteiger partial charge in [0.1, 0.15) is 5.75 Å². The minimum atomic E-state index is -0.0782. The van der Waals surface area contributed by atoms with Crippen LogP contribution in [0.4, 0.5) is 0 Å². The summed E-state index contributed by atoms with van der Waals surface area (Å²) in [6, 6.07) is 15.0. The number of halogens is 1. The Morgan fingerprint density at radius 2 is 1.78 bits per heavy atom. The van der Waals surface area contributed by atoms with E-state index < -0.39 is 0 Å². The lowest BCUT2D eigenvalue weighted by atomic mass is 10.1. The summed E-state index contributed by atoms with van der Waals surface area (Å²) in [4.78, 5) is 25.7. The molecule has 2 aromatic rings. The zero-order chi connectivity index (χ0) is 19.6. The molecule has 0 aliphatic heterocycles. The maximum absolute atomic E-state index is 12.0. The SMILES string of the molecule is COc1ccccc1CCN(CCNC(=O)Cc1ccc(Cl)cc1)C(C)=O. The van der Waals surface area contributed by atoms with E-state index in [-0.39, 0.29) is 11.8 Å². The number of carbonyl (C=O) groups is 2. The van der Waals surface area contributed by atoms with Crippen molar-refractivity contribution in [3.63, 3.8) is 0 Å². The van der Waals surface area contributed by atoms with Crippen LogP contribution in [0.3, 0.4) is 0 Å². The van der Waals surface area contributed by atoms with Crippen LogP contribution in [-0.2, 0) is 22.4 Å². The maximum atomic E-state index is 12.0. The molecule has 0 bridgehead atoms. The monoisotopic (exact) mass is 388 g/mol. The van der Waals surface area contributed by atoms with E-state index in [1.54, 1.807) is 24.1 Å². The van der Waals surface area contributed by atoms with Gasteiger partial charge in [0, 0.05) is 31.6 Å². The lowest BCUT2D eigenvalue weighted by molar-refractivity contribution is -0.129. The topological polar surface area (TPSA) is 58.6 Å². The van der Waals surface area contributed by atoms with Crippen molar-refractivity contribution in [2.75, 3.05) is 26.7 Å². The zero-order valence-electron chi connectivity index (χ0n) is 15.7. The van der Waals surface area contributed by atoms with E-state index in [1.165, 1.54) is 6.92 Å². The molecule has 0 saturated carbocycles. The van der Waals surface area contributed by atoms with E-state index in [9.17, 15) is 9.59 Å². The number of hydrogen-bond donors (Lipinski definition) is 1. The molecule has 0 atom stereocenters. The third kappa shape index (κ3) is 6.94. The van der Waals surface area contributed by atoms with Crippen molar-refractivity contribution in [2.45, 2.75) is 19.8 Å². The molecule has 0 spiro atoms. The smallest absolute Gasteiger partial charge is 0.224 e. The van der Waals surface area contributed by atoms with Crippen molar-refractivity contribution in [2.24, 2.45) is 0 Å². The Labute approximate surface area is 165 Å². The lowest BCUT2D eigenvalue weighted by Crippen LogP contribution is -2.39. The van der Waals surface area contributed by atoms with Crippen LogP contribution in [0.1, 0.15) is 18.1 Å². The van der Waals surface area contributed by atoms with Gasteiger partial charge in [-0.05, 0) is 35.7 Å². The lowest BCUT2D eigenvalue weighted by Gasteiger charge is -2.22. The quantitative estimate of drug-likeness (QED) is 0.718. The Morgan fingerprint density at radius 3 is 2.44 bits per heavy atom. The van der Waals surface area contributed by atoms with E-state index in [0.717, 1.165) is 16.9 Å². The predicted octanol–water partition coefficient (Wildman–Crippen LogP) is 3.10. The third-order valence-electron chi connectivity index (χ3n) is 4.27. The number of rotatable bonds is 9. The van der Waals surface area contributed by atoms with E-state index in [2.05, 4.69) is 5.32 Å². The summed E-state index contributed by atoms with van der Waals surface area (Å²) in [6.45, 7) is 3.00. The molecule has 0 radical (unpaired) electrons. The Hall–Kier alpha value is -2.53. The molecule has 2 rings (SSSR count). The standard InChI is InChI=1S/C21H25ClN2O3/c1-16(25)24(13-11-18-5-3-4-6-20(18)27-2)14-12-23-21(26)15-17-7-9-19(22)10-8-17/h3-10H,11-15H2,1-2H3,(H,23,26). The fraction of sp³-hybridized carbons (Fsp3) is 0.333. The van der Waals surface area contributed by atoms with E-state index in [1.807, 2.05) is 36.4 Å². The van der Waals surface area contributed by atoms with Crippen molar-refractivity contribution < 1.29 is 14.3 Å². The zero-order valence-corrected chi connectivity index (χ0v) is 16.5. The van der Waals surface area contributed by atoms with Gasteiger partial charge in [-0.1, -0.05) is 41.9 Å². The van der Waals surface area contributed by atoms with Gasteiger partial charge >= 0.3 is 0 Å². The first-order chi connectivity index (χ1) is 13.0. The van der Waals surface area contributed by atoms with Crippen LogP contribution in [0.15, 0.2) is 48.5 Å². The van der Waals surface area contributed by atoms with Gasteiger partial charge in [0.2, 0.25) is 11.8 Å². The fourth-order valence-electron chi connectivity index (χ4n) is 2.77. The summed E-state index contributed by atoms with van der Waals surface area (Å²) in [5.41, 5.74) is 1.95.